The number of hydrogen-bond acceptors (Lipinski definition) is 6. The van der Waals surface area contributed by atoms with Crippen molar-refractivity contribution in [1.29, 1.82) is 0 Å². The van der Waals surface area contributed by atoms with Gasteiger partial charge in [0, 0.05) is 30.8 Å². The molecule has 0 amide bonds. The Morgan fingerprint density at radius 3 is 2.91 bits per heavy atom. The summed E-state index contributed by atoms with van der Waals surface area (Å²) in [7, 11) is 0. The third-order valence-electron chi connectivity index (χ3n) is 5.30. The van der Waals surface area contributed by atoms with E-state index in [9.17, 15) is 0 Å². The van der Waals surface area contributed by atoms with Crippen molar-refractivity contribution in [2.45, 2.75) is 50.9 Å². The molecule has 2 saturated heterocycles. The smallest absolute Gasteiger partial charge is 0.172 e. The molecule has 1 atom stereocenters. The van der Waals surface area contributed by atoms with E-state index >= 15 is 0 Å². The maximum Gasteiger partial charge on any atom is 0.172 e. The second-order valence-electron chi connectivity index (χ2n) is 6.87. The van der Waals surface area contributed by atoms with Crippen LogP contribution in [0.4, 0.5) is 5.82 Å². The number of fused-ring (bicyclic) bond motifs is 3. The maximum atomic E-state index is 6.04. The highest BCUT2D eigenvalue weighted by atomic mass is 32.1. The zero-order chi connectivity index (χ0) is 15.4. The monoisotopic (exact) mass is 331 g/mol. The number of rotatable bonds is 1. The fourth-order valence-corrected chi connectivity index (χ4v) is 5.40. The van der Waals surface area contributed by atoms with E-state index in [1.807, 2.05) is 11.3 Å². The molecule has 0 aromatic carbocycles. The van der Waals surface area contributed by atoms with Crippen LogP contribution in [0.25, 0.3) is 10.2 Å². The molecule has 6 heteroatoms. The Hall–Kier alpha value is -1.24. The predicted molar refractivity (Wildman–Crippen MR) is 90.1 cm³/mol. The van der Waals surface area contributed by atoms with Gasteiger partial charge in [-0.3, -0.25) is 0 Å². The first kappa shape index (κ1) is 14.1. The summed E-state index contributed by atoms with van der Waals surface area (Å²) in [4.78, 5) is 14.2. The van der Waals surface area contributed by atoms with E-state index in [0.717, 1.165) is 43.2 Å². The third-order valence-corrected chi connectivity index (χ3v) is 6.50. The Bertz CT molecular complexity index is 752. The Kier molecular flexibility index (Phi) is 3.15. The Balaban J connectivity index is 1.46. The Labute approximate surface area is 139 Å². The maximum absolute atomic E-state index is 6.04. The molecule has 5 rings (SSSR count). The van der Waals surface area contributed by atoms with E-state index in [-0.39, 0.29) is 11.9 Å². The van der Waals surface area contributed by atoms with E-state index in [0.29, 0.717) is 0 Å². The van der Waals surface area contributed by atoms with Crippen LogP contribution in [0.3, 0.4) is 0 Å². The van der Waals surface area contributed by atoms with E-state index < -0.39 is 0 Å². The minimum Gasteiger partial charge on any atom is -0.356 e. The second kappa shape index (κ2) is 5.13. The molecule has 1 aliphatic carbocycles. The van der Waals surface area contributed by atoms with Crippen molar-refractivity contribution in [2.24, 2.45) is 0 Å². The van der Waals surface area contributed by atoms with Crippen LogP contribution >= 0.6 is 11.3 Å². The first-order valence-corrected chi connectivity index (χ1v) is 9.38. The van der Waals surface area contributed by atoms with E-state index in [1.54, 1.807) is 6.33 Å². The quantitative estimate of drug-likeness (QED) is 0.804. The Morgan fingerprint density at radius 2 is 2.13 bits per heavy atom. The molecule has 2 aromatic rings. The molecule has 0 bridgehead atoms. The average Bonchev–Trinajstić information content (AvgIpc) is 3.23. The molecule has 0 unspecified atom stereocenters. The first-order chi connectivity index (χ1) is 11.2. The van der Waals surface area contributed by atoms with Crippen LogP contribution in [0.1, 0.15) is 36.6 Å². The van der Waals surface area contributed by atoms with Crippen LogP contribution < -0.4 is 4.90 Å². The molecule has 4 heterocycles. The van der Waals surface area contributed by atoms with Gasteiger partial charge in [-0.1, -0.05) is 0 Å². The molecule has 3 aliphatic rings. The van der Waals surface area contributed by atoms with Crippen molar-refractivity contribution in [3.8, 4) is 0 Å². The highest BCUT2D eigenvalue weighted by Gasteiger charge is 2.43. The van der Waals surface area contributed by atoms with Gasteiger partial charge in [0.1, 0.15) is 17.0 Å². The Morgan fingerprint density at radius 1 is 1.26 bits per heavy atom. The number of ether oxygens (including phenoxy) is 2. The molecular weight excluding hydrogens is 310 g/mol. The van der Waals surface area contributed by atoms with Crippen LogP contribution in [0.15, 0.2) is 6.33 Å². The van der Waals surface area contributed by atoms with Crippen LogP contribution in [0.2, 0.25) is 0 Å². The zero-order valence-corrected chi connectivity index (χ0v) is 14.2. The zero-order valence-electron chi connectivity index (χ0n) is 13.4. The molecule has 0 saturated carbocycles. The van der Waals surface area contributed by atoms with Gasteiger partial charge in [0.2, 0.25) is 0 Å². The average molecular weight is 331 g/mol. The van der Waals surface area contributed by atoms with Crippen molar-refractivity contribution < 1.29 is 9.47 Å². The largest absolute Gasteiger partial charge is 0.356 e. The highest BCUT2D eigenvalue weighted by Crippen LogP contribution is 2.42. The van der Waals surface area contributed by atoms with Crippen molar-refractivity contribution in [2.75, 3.05) is 24.6 Å². The number of anilines is 1. The number of aromatic nitrogens is 2. The number of hydrogen-bond donors (Lipinski definition) is 0. The predicted octanol–water partition coefficient (Wildman–Crippen LogP) is 2.91. The van der Waals surface area contributed by atoms with Gasteiger partial charge in [0.05, 0.1) is 18.1 Å². The normalized spacial score (nSPS) is 26.3. The summed E-state index contributed by atoms with van der Waals surface area (Å²) < 4.78 is 12.0. The molecule has 122 valence electrons. The van der Waals surface area contributed by atoms with Gasteiger partial charge in [-0.2, -0.15) is 0 Å². The number of nitrogens with zero attached hydrogens (tertiary/aromatic N) is 3. The van der Waals surface area contributed by atoms with Gasteiger partial charge in [-0.25, -0.2) is 9.97 Å². The van der Waals surface area contributed by atoms with Crippen molar-refractivity contribution in [3.05, 3.63) is 16.8 Å². The van der Waals surface area contributed by atoms with Crippen molar-refractivity contribution in [3.63, 3.8) is 0 Å². The standard InChI is InChI=1S/C17H21N3O2S/c1-11-9-21-17(22-11)5-7-20(8-6-17)15-14-12-3-2-4-13(12)23-16(14)19-10-18-15/h10-11H,2-9H2,1H3/t11-/m1/s1. The molecule has 5 nitrogen and oxygen atoms in total. The molecule has 2 fully saturated rings. The molecule has 0 radical (unpaired) electrons. The fraction of sp³-hybridized carbons (Fsp3) is 0.647. The number of piperidine rings is 1. The number of aryl methyl sites for hydroxylation is 2. The fourth-order valence-electron chi connectivity index (χ4n) is 4.18. The molecule has 1 spiro atoms. The summed E-state index contributed by atoms with van der Waals surface area (Å²) in [5.41, 5.74) is 1.50. The second-order valence-corrected chi connectivity index (χ2v) is 7.96. The lowest BCUT2D eigenvalue weighted by Gasteiger charge is -2.38. The summed E-state index contributed by atoms with van der Waals surface area (Å²) in [5, 5.41) is 1.31. The SMILES string of the molecule is C[C@@H]1COC2(CCN(c3ncnc4sc5c(c34)CCC5)CC2)O1. The van der Waals surface area contributed by atoms with E-state index in [1.165, 1.54) is 35.1 Å². The summed E-state index contributed by atoms with van der Waals surface area (Å²) in [5.74, 6) is 0.772. The van der Waals surface area contributed by atoms with Gasteiger partial charge in [0.25, 0.3) is 0 Å². The lowest BCUT2D eigenvalue weighted by molar-refractivity contribution is -0.178. The van der Waals surface area contributed by atoms with Crippen LogP contribution in [0.5, 0.6) is 0 Å². The minimum atomic E-state index is -0.349. The molecule has 2 aromatic heterocycles. The molecule has 2 aliphatic heterocycles. The van der Waals surface area contributed by atoms with Gasteiger partial charge in [-0.05, 0) is 31.7 Å². The van der Waals surface area contributed by atoms with Gasteiger partial charge >= 0.3 is 0 Å². The summed E-state index contributed by atoms with van der Waals surface area (Å²) in [6.07, 6.45) is 7.42. The van der Waals surface area contributed by atoms with E-state index in [2.05, 4.69) is 21.8 Å². The lowest BCUT2D eigenvalue weighted by Crippen LogP contribution is -2.45. The minimum absolute atomic E-state index is 0.215. The van der Waals surface area contributed by atoms with Crippen LogP contribution in [-0.4, -0.2) is 41.6 Å². The van der Waals surface area contributed by atoms with Crippen LogP contribution in [0, 0.1) is 0 Å². The molecular formula is C17H21N3O2S. The van der Waals surface area contributed by atoms with Gasteiger partial charge < -0.3 is 14.4 Å². The molecule has 23 heavy (non-hydrogen) atoms. The summed E-state index contributed by atoms with van der Waals surface area (Å²) in [6.45, 7) is 4.67. The summed E-state index contributed by atoms with van der Waals surface area (Å²) >= 11 is 1.86. The van der Waals surface area contributed by atoms with Gasteiger partial charge in [-0.15, -0.1) is 11.3 Å². The van der Waals surface area contributed by atoms with Gasteiger partial charge in [0.15, 0.2) is 5.79 Å². The first-order valence-electron chi connectivity index (χ1n) is 8.56. The molecule has 0 N–H and O–H groups in total. The van der Waals surface area contributed by atoms with Crippen LogP contribution in [-0.2, 0) is 22.3 Å². The number of thiophene rings is 1. The lowest BCUT2D eigenvalue weighted by atomic mass is 10.0. The van der Waals surface area contributed by atoms with Crippen molar-refractivity contribution >= 4 is 27.4 Å². The summed E-state index contributed by atoms with van der Waals surface area (Å²) in [6, 6.07) is 0. The third kappa shape index (κ3) is 2.19. The highest BCUT2D eigenvalue weighted by molar-refractivity contribution is 7.19. The van der Waals surface area contributed by atoms with E-state index in [4.69, 9.17) is 9.47 Å². The van der Waals surface area contributed by atoms with Crippen molar-refractivity contribution in [1.82, 2.24) is 9.97 Å². The topological polar surface area (TPSA) is 47.5 Å².